The molecule has 0 saturated carbocycles. The Balaban J connectivity index is 3.63. The van der Waals surface area contributed by atoms with Gasteiger partial charge in [-0.3, -0.25) is 0 Å². The first kappa shape index (κ1) is 11.6. The van der Waals surface area contributed by atoms with Gasteiger partial charge in [0, 0.05) is 4.90 Å². The Morgan fingerprint density at radius 2 is 1.93 bits per heavy atom. The van der Waals surface area contributed by atoms with Crippen LogP contribution in [-0.4, -0.2) is 11.2 Å². The van der Waals surface area contributed by atoms with E-state index >= 15 is 0 Å². The van der Waals surface area contributed by atoms with Crippen molar-refractivity contribution in [3.63, 3.8) is 0 Å². The summed E-state index contributed by atoms with van der Waals surface area (Å²) in [5.41, 5.74) is 5.65. The molecule has 0 radical (unpaired) electrons. The topological polar surface area (TPSA) is 86.5 Å². The van der Waals surface area contributed by atoms with Crippen LogP contribution in [0, 0.1) is 22.7 Å². The molecule has 0 aliphatic carbocycles. The summed E-state index contributed by atoms with van der Waals surface area (Å²) in [6.45, 7) is 0. The van der Waals surface area contributed by atoms with Crippen LogP contribution in [0.4, 0.5) is 9.70 Å². The third-order valence-electron chi connectivity index (χ3n) is 1.65. The second-order valence-electron chi connectivity index (χ2n) is 2.39. The van der Waals surface area contributed by atoms with Gasteiger partial charge in [-0.05, 0) is 6.26 Å². The number of rotatable bonds is 2. The first-order chi connectivity index (χ1) is 7.19. The third kappa shape index (κ3) is 1.99. The molecule has 0 spiro atoms. The molecule has 15 heavy (non-hydrogen) atoms. The van der Waals surface area contributed by atoms with Crippen molar-refractivity contribution in [2.24, 2.45) is 0 Å². The fourth-order valence-electron chi connectivity index (χ4n) is 1.03. The highest BCUT2D eigenvalue weighted by molar-refractivity contribution is 7.98. The normalized spacial score (nSPS) is 9.33. The lowest BCUT2D eigenvalue weighted by Gasteiger charge is -2.07. The van der Waals surface area contributed by atoms with Gasteiger partial charge < -0.3 is 5.73 Å². The van der Waals surface area contributed by atoms with Crippen LogP contribution < -0.4 is 5.73 Å². The predicted molar refractivity (Wildman–Crippen MR) is 56.8 cm³/mol. The van der Waals surface area contributed by atoms with Crippen molar-refractivity contribution in [3.05, 3.63) is 11.1 Å². The van der Waals surface area contributed by atoms with E-state index in [0.29, 0.717) is 4.90 Å². The first-order valence-corrected chi connectivity index (χ1v) is 5.60. The molecule has 0 unspecified atom stereocenters. The summed E-state index contributed by atoms with van der Waals surface area (Å²) >= 11 is 1.02. The van der Waals surface area contributed by atoms with Gasteiger partial charge in [0.05, 0.1) is 0 Å². The lowest BCUT2D eigenvalue weighted by molar-refractivity contribution is 0.912. The second kappa shape index (κ2) is 4.87. The molecule has 1 heterocycles. The molecule has 4 nitrogen and oxygen atoms in total. The van der Waals surface area contributed by atoms with Crippen LogP contribution in [0.5, 0.6) is 0 Å². The first-order valence-electron chi connectivity index (χ1n) is 3.65. The summed E-state index contributed by atoms with van der Waals surface area (Å²) < 4.78 is 12.5. The molecule has 0 saturated heterocycles. The number of nitrogens with two attached hydrogens (primary N) is 1. The van der Waals surface area contributed by atoms with Gasteiger partial charge in [-0.1, -0.05) is 0 Å². The molecule has 0 aromatic carbocycles. The van der Waals surface area contributed by atoms with Crippen LogP contribution in [0.25, 0.3) is 0 Å². The average molecular weight is 240 g/mol. The van der Waals surface area contributed by atoms with E-state index in [4.69, 9.17) is 16.3 Å². The lowest BCUT2D eigenvalue weighted by atomic mass is 10.2. The molecule has 1 aromatic heterocycles. The van der Waals surface area contributed by atoms with Crippen LogP contribution in [0.1, 0.15) is 11.1 Å². The Kier molecular flexibility index (Phi) is 3.78. The number of hydrogen-bond donors (Lipinski definition) is 1. The van der Waals surface area contributed by atoms with Crippen molar-refractivity contribution in [1.29, 1.82) is 10.5 Å². The molecule has 0 bridgehead atoms. The van der Waals surface area contributed by atoms with Gasteiger partial charge in [-0.2, -0.15) is 14.4 Å². The van der Waals surface area contributed by atoms with Gasteiger partial charge >= 0.3 is 0 Å². The molecule has 0 aliphatic rings. The summed E-state index contributed by atoms with van der Waals surface area (Å²) in [5, 5.41) is 17.6. The number of pyridine rings is 1. The molecule has 7 heteroatoms. The molecule has 0 atom stereocenters. The molecule has 1 rings (SSSR count). The molecule has 76 valence electrons. The van der Waals surface area contributed by atoms with Gasteiger partial charge in [-0.25, -0.2) is 4.98 Å². The number of thioether (sulfide) groups is 1. The number of halogens is 1. The van der Waals surface area contributed by atoms with E-state index in [-0.39, 0.29) is 34.1 Å². The molecular formula is C8H5FN4S2. The average Bonchev–Trinajstić information content (AvgIpc) is 2.27. The molecule has 0 amide bonds. The Labute approximate surface area is 94.6 Å². The van der Waals surface area contributed by atoms with E-state index in [1.54, 1.807) is 6.26 Å². The predicted octanol–water partition coefficient (Wildman–Crippen LogP) is 2.11. The molecule has 1 aromatic rings. The Bertz CT molecular complexity index is 475. The van der Waals surface area contributed by atoms with Gasteiger partial charge in [0.25, 0.3) is 0 Å². The summed E-state index contributed by atoms with van der Waals surface area (Å²) in [6, 6.07) is 3.67. The highest BCUT2D eigenvalue weighted by atomic mass is 32.2. The van der Waals surface area contributed by atoms with Crippen molar-refractivity contribution in [2.75, 3.05) is 12.0 Å². The summed E-state index contributed by atoms with van der Waals surface area (Å²) in [6.07, 6.45) is 1.68. The van der Waals surface area contributed by atoms with Crippen LogP contribution in [0.2, 0.25) is 0 Å². The Morgan fingerprint density at radius 3 is 2.33 bits per heavy atom. The maximum atomic E-state index is 12.5. The maximum Gasteiger partial charge on any atom is 0.150 e. The van der Waals surface area contributed by atoms with Crippen LogP contribution in [0.3, 0.4) is 0 Å². The van der Waals surface area contributed by atoms with Crippen molar-refractivity contribution in [1.82, 2.24) is 4.98 Å². The van der Waals surface area contributed by atoms with E-state index in [2.05, 4.69) is 4.98 Å². The maximum absolute atomic E-state index is 12.5. The van der Waals surface area contributed by atoms with Crippen LogP contribution in [-0.2, 0) is 0 Å². The smallest absolute Gasteiger partial charge is 0.150 e. The van der Waals surface area contributed by atoms with E-state index < -0.39 is 0 Å². The van der Waals surface area contributed by atoms with E-state index in [9.17, 15) is 3.89 Å². The number of aromatic nitrogens is 1. The zero-order chi connectivity index (χ0) is 11.4. The number of nitriles is 2. The Morgan fingerprint density at radius 1 is 1.33 bits per heavy atom. The third-order valence-corrected chi connectivity index (χ3v) is 2.91. The summed E-state index contributed by atoms with van der Waals surface area (Å²) in [7, 11) is 0. The van der Waals surface area contributed by atoms with Gasteiger partial charge in [0.15, 0.2) is 5.03 Å². The molecule has 0 aliphatic heterocycles. The number of hydrogen-bond acceptors (Lipinski definition) is 6. The molecular weight excluding hydrogens is 235 g/mol. The van der Waals surface area contributed by atoms with Crippen molar-refractivity contribution >= 4 is 29.7 Å². The zero-order valence-electron chi connectivity index (χ0n) is 7.61. The largest absolute Gasteiger partial charge is 0.383 e. The molecule has 0 fully saturated rings. The minimum atomic E-state index is -0.153. The highest BCUT2D eigenvalue weighted by Crippen LogP contribution is 2.33. The summed E-state index contributed by atoms with van der Waals surface area (Å²) in [4.78, 5) is 4.02. The van der Waals surface area contributed by atoms with Gasteiger partial charge in [0.1, 0.15) is 41.2 Å². The number of anilines is 1. The zero-order valence-corrected chi connectivity index (χ0v) is 9.25. The highest BCUT2D eigenvalue weighted by Gasteiger charge is 2.18. The fourth-order valence-corrected chi connectivity index (χ4v) is 2.15. The quantitative estimate of drug-likeness (QED) is 0.796. The molecule has 2 N–H and O–H groups in total. The minimum Gasteiger partial charge on any atom is -0.383 e. The van der Waals surface area contributed by atoms with Gasteiger partial charge in [0.2, 0.25) is 0 Å². The second-order valence-corrected chi connectivity index (χ2v) is 3.74. The van der Waals surface area contributed by atoms with E-state index in [0.717, 1.165) is 0 Å². The van der Waals surface area contributed by atoms with Crippen molar-refractivity contribution in [2.45, 2.75) is 9.92 Å². The minimum absolute atomic E-state index is 0.0546. The van der Waals surface area contributed by atoms with E-state index in [1.165, 1.54) is 11.8 Å². The SMILES string of the molecule is CSc1c(C#N)c(N)nc(SF)c1C#N. The number of nitrogens with zero attached hydrogens (tertiary/aromatic N) is 3. The van der Waals surface area contributed by atoms with Crippen molar-refractivity contribution in [3.8, 4) is 12.1 Å². The summed E-state index contributed by atoms with van der Waals surface area (Å²) in [5.74, 6) is -0.0546. The fraction of sp³-hybridized carbons (Fsp3) is 0.125. The van der Waals surface area contributed by atoms with E-state index in [1.807, 2.05) is 12.1 Å². The van der Waals surface area contributed by atoms with Crippen LogP contribution >= 0.6 is 23.9 Å². The Hall–Kier alpha value is -1.44. The van der Waals surface area contributed by atoms with Gasteiger partial charge in [-0.15, -0.1) is 11.8 Å². The standard InChI is InChI=1S/C8H5FN4S2/c1-14-6-4(2-10)7(12)13-8(15-9)5(6)3-11/h1H3,(H2,12,13). The van der Waals surface area contributed by atoms with Crippen LogP contribution in [0.15, 0.2) is 9.92 Å². The number of nitrogen functional groups attached to an aromatic ring is 1. The lowest BCUT2D eigenvalue weighted by Crippen LogP contribution is -2.01. The van der Waals surface area contributed by atoms with Crippen molar-refractivity contribution < 1.29 is 3.89 Å². The monoisotopic (exact) mass is 240 g/mol.